The van der Waals surface area contributed by atoms with E-state index in [1.165, 1.54) is 0 Å². The summed E-state index contributed by atoms with van der Waals surface area (Å²) in [6.45, 7) is 1.72. The fraction of sp³-hybridized carbons (Fsp3) is 0.406. The van der Waals surface area contributed by atoms with E-state index in [1.807, 2.05) is 67.7 Å². The van der Waals surface area contributed by atoms with Gasteiger partial charge in [0.25, 0.3) is 0 Å². The van der Waals surface area contributed by atoms with Crippen LogP contribution in [0.1, 0.15) is 57.4 Å². The molecule has 5 rings (SSSR count). The molecule has 5 N–H and O–H groups in total. The second-order valence-electron chi connectivity index (χ2n) is 11.7. The Bertz CT molecular complexity index is 1340. The van der Waals surface area contributed by atoms with E-state index < -0.39 is 17.2 Å². The Morgan fingerprint density at radius 1 is 0.975 bits per heavy atom. The third-order valence-electron chi connectivity index (χ3n) is 8.41. The fourth-order valence-electron chi connectivity index (χ4n) is 6.50. The molecule has 2 amide bonds. The molecule has 210 valence electrons. The maximum atomic E-state index is 12.9. The van der Waals surface area contributed by atoms with Crippen LogP contribution in [0.5, 0.6) is 0 Å². The highest BCUT2D eigenvalue weighted by Crippen LogP contribution is 2.48. The zero-order valence-corrected chi connectivity index (χ0v) is 23.1. The standard InChI is InChI=1S/C32H38N4O4/c1-31(40)19-32(20-31,36-30(38)39)24-12-10-23(11-13-24)29-27(22-6-4-3-5-7-22)17-26(18-34-29)35-28(37)16-21-8-14-25(33-2)15-9-21/h3-7,10-13,17-18,21,25,33,36,40H,8-9,14-16,19-20H2,1-2H3,(H,35,37)(H,38,39). The lowest BCUT2D eigenvalue weighted by Crippen LogP contribution is -2.61. The highest BCUT2D eigenvalue weighted by Gasteiger charge is 2.53. The maximum Gasteiger partial charge on any atom is 0.405 e. The van der Waals surface area contributed by atoms with Crippen LogP contribution in [-0.4, -0.2) is 45.9 Å². The minimum atomic E-state index is -1.11. The third-order valence-corrected chi connectivity index (χ3v) is 8.41. The van der Waals surface area contributed by atoms with E-state index in [-0.39, 0.29) is 5.91 Å². The van der Waals surface area contributed by atoms with E-state index in [1.54, 1.807) is 13.1 Å². The van der Waals surface area contributed by atoms with Crippen LogP contribution in [0.2, 0.25) is 0 Å². The van der Waals surface area contributed by atoms with Crippen molar-refractivity contribution in [3.8, 4) is 22.4 Å². The van der Waals surface area contributed by atoms with Crippen molar-refractivity contribution in [1.29, 1.82) is 0 Å². The highest BCUT2D eigenvalue weighted by molar-refractivity contribution is 5.93. The lowest BCUT2D eigenvalue weighted by atomic mass is 9.62. The van der Waals surface area contributed by atoms with Crippen molar-refractivity contribution in [3.05, 3.63) is 72.4 Å². The number of hydrogen-bond acceptors (Lipinski definition) is 5. The molecule has 0 unspecified atom stereocenters. The van der Waals surface area contributed by atoms with Crippen LogP contribution in [0.3, 0.4) is 0 Å². The van der Waals surface area contributed by atoms with Gasteiger partial charge in [-0.25, -0.2) is 4.79 Å². The number of hydrogen-bond donors (Lipinski definition) is 5. The normalized spacial score (nSPS) is 26.0. The number of carboxylic acid groups (broad SMARTS) is 1. The molecule has 2 aliphatic carbocycles. The molecule has 0 bridgehead atoms. The summed E-state index contributed by atoms with van der Waals surface area (Å²) in [5, 5.41) is 28.8. The summed E-state index contributed by atoms with van der Waals surface area (Å²) in [6.07, 6.45) is 6.04. The minimum absolute atomic E-state index is 0.0124. The molecule has 1 aromatic heterocycles. The number of carbonyl (C=O) groups is 2. The van der Waals surface area contributed by atoms with Gasteiger partial charge < -0.3 is 26.2 Å². The molecule has 0 spiro atoms. The van der Waals surface area contributed by atoms with E-state index in [0.29, 0.717) is 36.9 Å². The van der Waals surface area contributed by atoms with Crippen molar-refractivity contribution in [3.63, 3.8) is 0 Å². The van der Waals surface area contributed by atoms with Crippen LogP contribution in [0.15, 0.2) is 66.9 Å². The Labute approximate surface area is 235 Å². The van der Waals surface area contributed by atoms with Crippen LogP contribution in [-0.2, 0) is 10.3 Å². The molecule has 2 aliphatic rings. The van der Waals surface area contributed by atoms with Gasteiger partial charge in [0.15, 0.2) is 0 Å². The Morgan fingerprint density at radius 3 is 2.25 bits per heavy atom. The molecule has 8 nitrogen and oxygen atoms in total. The van der Waals surface area contributed by atoms with Crippen LogP contribution in [0.25, 0.3) is 22.4 Å². The Kier molecular flexibility index (Phi) is 7.92. The van der Waals surface area contributed by atoms with Gasteiger partial charge in [-0.05, 0) is 62.8 Å². The van der Waals surface area contributed by atoms with Gasteiger partial charge in [0.2, 0.25) is 5.91 Å². The van der Waals surface area contributed by atoms with Crippen molar-refractivity contribution in [2.75, 3.05) is 12.4 Å². The van der Waals surface area contributed by atoms with Crippen LogP contribution in [0, 0.1) is 5.92 Å². The summed E-state index contributed by atoms with van der Waals surface area (Å²) in [6, 6.07) is 20.1. The first-order chi connectivity index (χ1) is 19.2. The Morgan fingerprint density at radius 2 is 1.65 bits per heavy atom. The van der Waals surface area contributed by atoms with Gasteiger partial charge >= 0.3 is 6.09 Å². The molecular formula is C32H38N4O4. The molecule has 0 saturated heterocycles. The number of rotatable bonds is 8. The fourth-order valence-corrected chi connectivity index (χ4v) is 6.50. The molecule has 2 aromatic carbocycles. The number of benzene rings is 2. The van der Waals surface area contributed by atoms with Crippen LogP contribution in [0.4, 0.5) is 10.5 Å². The van der Waals surface area contributed by atoms with E-state index in [9.17, 15) is 19.8 Å². The number of anilines is 1. The van der Waals surface area contributed by atoms with Gasteiger partial charge in [-0.3, -0.25) is 9.78 Å². The number of carbonyl (C=O) groups excluding carboxylic acids is 1. The molecule has 40 heavy (non-hydrogen) atoms. The molecule has 0 atom stereocenters. The number of aromatic nitrogens is 1. The first-order valence-electron chi connectivity index (χ1n) is 14.0. The second-order valence-corrected chi connectivity index (χ2v) is 11.7. The average Bonchev–Trinajstić information content (AvgIpc) is 2.92. The summed E-state index contributed by atoms with van der Waals surface area (Å²) in [7, 11) is 2.00. The van der Waals surface area contributed by atoms with Gasteiger partial charge in [0.05, 0.1) is 28.7 Å². The average molecular weight is 543 g/mol. The zero-order chi connectivity index (χ0) is 28.3. The summed E-state index contributed by atoms with van der Waals surface area (Å²) in [5.41, 5.74) is 3.26. The van der Waals surface area contributed by atoms with Crippen molar-refractivity contribution in [2.45, 2.75) is 69.1 Å². The molecule has 0 aliphatic heterocycles. The molecule has 8 heteroatoms. The van der Waals surface area contributed by atoms with E-state index in [0.717, 1.165) is 53.6 Å². The first-order valence-corrected chi connectivity index (χ1v) is 14.0. The predicted octanol–water partition coefficient (Wildman–Crippen LogP) is 5.53. The highest BCUT2D eigenvalue weighted by atomic mass is 16.4. The van der Waals surface area contributed by atoms with Crippen molar-refractivity contribution in [1.82, 2.24) is 15.6 Å². The number of nitrogens with zero attached hydrogens (tertiary/aromatic N) is 1. The summed E-state index contributed by atoms with van der Waals surface area (Å²) >= 11 is 0. The zero-order valence-electron chi connectivity index (χ0n) is 23.1. The topological polar surface area (TPSA) is 124 Å². The molecular weight excluding hydrogens is 504 g/mol. The van der Waals surface area contributed by atoms with Gasteiger partial charge in [-0.1, -0.05) is 54.6 Å². The van der Waals surface area contributed by atoms with E-state index in [2.05, 4.69) is 16.0 Å². The lowest BCUT2D eigenvalue weighted by molar-refractivity contribution is -0.117. The largest absolute Gasteiger partial charge is 0.465 e. The number of pyridine rings is 1. The summed E-state index contributed by atoms with van der Waals surface area (Å²) in [5.74, 6) is 0.417. The van der Waals surface area contributed by atoms with Gasteiger partial charge in [0, 0.05) is 36.4 Å². The molecule has 2 fully saturated rings. The summed E-state index contributed by atoms with van der Waals surface area (Å²) in [4.78, 5) is 29.2. The Hall–Kier alpha value is -3.75. The smallest absolute Gasteiger partial charge is 0.405 e. The van der Waals surface area contributed by atoms with Crippen molar-refractivity contribution in [2.24, 2.45) is 5.92 Å². The minimum Gasteiger partial charge on any atom is -0.465 e. The van der Waals surface area contributed by atoms with Crippen molar-refractivity contribution >= 4 is 17.7 Å². The van der Waals surface area contributed by atoms with Gasteiger partial charge in [-0.2, -0.15) is 0 Å². The SMILES string of the molecule is CNC1CCC(CC(=O)Nc2cnc(-c3ccc(C4(NC(=O)O)CC(C)(O)C4)cc3)c(-c3ccccc3)c2)CC1. The Balaban J connectivity index is 1.37. The number of nitrogens with one attached hydrogen (secondary N) is 3. The summed E-state index contributed by atoms with van der Waals surface area (Å²) < 4.78 is 0. The number of amides is 2. The molecule has 0 radical (unpaired) electrons. The predicted molar refractivity (Wildman–Crippen MR) is 156 cm³/mol. The molecule has 2 saturated carbocycles. The monoisotopic (exact) mass is 542 g/mol. The second kappa shape index (κ2) is 11.4. The molecule has 1 heterocycles. The van der Waals surface area contributed by atoms with Gasteiger partial charge in [0.1, 0.15) is 0 Å². The quantitative estimate of drug-likeness (QED) is 0.255. The first kappa shape index (κ1) is 27.8. The number of aliphatic hydroxyl groups is 1. The van der Waals surface area contributed by atoms with Gasteiger partial charge in [-0.15, -0.1) is 0 Å². The lowest BCUT2D eigenvalue weighted by Gasteiger charge is -2.51. The van der Waals surface area contributed by atoms with Crippen LogP contribution < -0.4 is 16.0 Å². The maximum absolute atomic E-state index is 12.9. The van der Waals surface area contributed by atoms with Crippen molar-refractivity contribution < 1.29 is 19.8 Å². The third kappa shape index (κ3) is 6.18. The van der Waals surface area contributed by atoms with E-state index in [4.69, 9.17) is 4.98 Å². The van der Waals surface area contributed by atoms with E-state index >= 15 is 0 Å². The molecule has 3 aromatic rings. The van der Waals surface area contributed by atoms with Crippen LogP contribution >= 0.6 is 0 Å².